The quantitative estimate of drug-likeness (QED) is 0.869. The second-order valence-corrected chi connectivity index (χ2v) is 6.15. The lowest BCUT2D eigenvalue weighted by Crippen LogP contribution is -2.40. The Hall–Kier alpha value is -1.62. The predicted octanol–water partition coefficient (Wildman–Crippen LogP) is 3.24. The Kier molecular flexibility index (Phi) is 6.21. The smallest absolute Gasteiger partial charge is 0.123 e. The highest BCUT2D eigenvalue weighted by atomic mass is 35.5. The first-order chi connectivity index (χ1) is 11.1. The highest BCUT2D eigenvalue weighted by Gasteiger charge is 2.33. The topological polar surface area (TPSA) is 35.5 Å². The van der Waals surface area contributed by atoms with E-state index in [9.17, 15) is 9.50 Å². The van der Waals surface area contributed by atoms with E-state index in [2.05, 4.69) is 35.3 Å². The van der Waals surface area contributed by atoms with Gasteiger partial charge in [-0.05, 0) is 49.2 Å². The van der Waals surface area contributed by atoms with Gasteiger partial charge in [0.2, 0.25) is 0 Å². The Bertz CT molecular complexity index is 695. The summed E-state index contributed by atoms with van der Waals surface area (Å²) in [7, 11) is 1.81. The highest BCUT2D eigenvalue weighted by molar-refractivity contribution is 5.85. The molecule has 24 heavy (non-hydrogen) atoms. The number of para-hydroxylation sites is 1. The number of hydrogen-bond donors (Lipinski definition) is 2. The molecule has 3 nitrogen and oxygen atoms in total. The molecule has 0 saturated carbocycles. The van der Waals surface area contributed by atoms with Gasteiger partial charge in [-0.15, -0.1) is 12.4 Å². The van der Waals surface area contributed by atoms with Crippen LogP contribution in [0.25, 0.3) is 0 Å². The van der Waals surface area contributed by atoms with Crippen LogP contribution in [0.2, 0.25) is 0 Å². The normalized spacial score (nSPS) is 15.6. The first-order valence-electron chi connectivity index (χ1n) is 8.05. The van der Waals surface area contributed by atoms with Crippen LogP contribution >= 0.6 is 12.4 Å². The van der Waals surface area contributed by atoms with E-state index >= 15 is 0 Å². The minimum absolute atomic E-state index is 0. The van der Waals surface area contributed by atoms with Gasteiger partial charge in [-0.3, -0.25) is 0 Å². The van der Waals surface area contributed by atoms with Crippen molar-refractivity contribution in [3.05, 3.63) is 65.0 Å². The zero-order chi connectivity index (χ0) is 16.4. The van der Waals surface area contributed by atoms with E-state index in [1.807, 2.05) is 13.1 Å². The summed E-state index contributed by atoms with van der Waals surface area (Å²) in [4.78, 5) is 2.22. The summed E-state index contributed by atoms with van der Waals surface area (Å²) in [5.74, 6) is -0.270. The lowest BCUT2D eigenvalue weighted by Gasteiger charge is -2.35. The molecule has 0 radical (unpaired) electrons. The fourth-order valence-corrected chi connectivity index (χ4v) is 3.58. The predicted molar refractivity (Wildman–Crippen MR) is 98.6 cm³/mol. The van der Waals surface area contributed by atoms with Crippen LogP contribution < -0.4 is 10.2 Å². The highest BCUT2D eigenvalue weighted by Crippen LogP contribution is 2.39. The summed E-state index contributed by atoms with van der Waals surface area (Å²) >= 11 is 0. The number of aryl methyl sites for hydroxylation is 1. The summed E-state index contributed by atoms with van der Waals surface area (Å²) in [6, 6.07) is 12.6. The molecule has 0 amide bonds. The molecule has 0 aliphatic carbocycles. The summed E-state index contributed by atoms with van der Waals surface area (Å²) in [6.45, 7) is 3.38. The van der Waals surface area contributed by atoms with Gasteiger partial charge in [-0.1, -0.05) is 30.3 Å². The van der Waals surface area contributed by atoms with Crippen LogP contribution in [0, 0.1) is 12.7 Å². The van der Waals surface area contributed by atoms with Crippen molar-refractivity contribution < 1.29 is 9.50 Å². The molecular weight excluding hydrogens is 327 g/mol. The van der Waals surface area contributed by atoms with Gasteiger partial charge in [0.05, 0.1) is 12.1 Å². The molecule has 2 aromatic rings. The maximum Gasteiger partial charge on any atom is 0.123 e. The number of fused-ring (bicyclic) bond motifs is 1. The number of aliphatic hydroxyl groups excluding tert-OH is 1. The van der Waals surface area contributed by atoms with Gasteiger partial charge in [0.1, 0.15) is 5.82 Å². The monoisotopic (exact) mass is 350 g/mol. The van der Waals surface area contributed by atoms with Crippen LogP contribution in [0.1, 0.15) is 22.7 Å². The zero-order valence-corrected chi connectivity index (χ0v) is 14.8. The van der Waals surface area contributed by atoms with Crippen molar-refractivity contribution in [1.29, 1.82) is 0 Å². The van der Waals surface area contributed by atoms with E-state index in [1.165, 1.54) is 28.9 Å². The van der Waals surface area contributed by atoms with Crippen LogP contribution in [0.3, 0.4) is 0 Å². The number of anilines is 1. The number of likely N-dealkylation sites (N-methyl/N-ethyl adjacent to an activating group) is 1. The third-order valence-electron chi connectivity index (χ3n) is 4.53. The van der Waals surface area contributed by atoms with Crippen LogP contribution in [-0.2, 0) is 6.42 Å². The number of halogens is 2. The maximum absolute atomic E-state index is 13.7. The molecule has 0 saturated heterocycles. The molecule has 130 valence electrons. The van der Waals surface area contributed by atoms with Gasteiger partial charge < -0.3 is 15.3 Å². The third kappa shape index (κ3) is 3.56. The van der Waals surface area contributed by atoms with Gasteiger partial charge >= 0.3 is 0 Å². The van der Waals surface area contributed by atoms with E-state index in [0.717, 1.165) is 18.5 Å². The molecular formula is C19H24ClFN2O. The minimum atomic E-state index is -0.618. The van der Waals surface area contributed by atoms with Crippen molar-refractivity contribution in [3.8, 4) is 0 Å². The molecule has 2 atom stereocenters. The van der Waals surface area contributed by atoms with E-state index in [-0.39, 0.29) is 24.3 Å². The number of rotatable bonds is 5. The minimum Gasteiger partial charge on any atom is -0.389 e. The average Bonchev–Trinajstić information content (AvgIpc) is 2.93. The number of hydrogen-bond acceptors (Lipinski definition) is 3. The van der Waals surface area contributed by atoms with Gasteiger partial charge in [-0.25, -0.2) is 4.39 Å². The molecule has 0 unspecified atom stereocenters. The fraction of sp³-hybridized carbons (Fsp3) is 0.368. The van der Waals surface area contributed by atoms with Crippen molar-refractivity contribution in [2.24, 2.45) is 0 Å². The first-order valence-corrected chi connectivity index (χ1v) is 8.05. The second kappa shape index (κ2) is 7.97. The Morgan fingerprint density at radius 2 is 2.00 bits per heavy atom. The summed E-state index contributed by atoms with van der Waals surface area (Å²) in [5, 5.41) is 13.7. The standard InChI is InChI=1S/C19H23FN2O.ClH/c1-13-5-3-6-14-9-10-22(18(13)14)19(17(23)12-21-2)15-7-4-8-16(20)11-15;/h3-8,11,17,19,21,23H,9-10,12H2,1-2H3;1H/t17-,19+;/m1./s1. The summed E-state index contributed by atoms with van der Waals surface area (Å²) in [5.41, 5.74) is 4.47. The molecule has 1 aliphatic heterocycles. The molecule has 2 N–H and O–H groups in total. The zero-order valence-electron chi connectivity index (χ0n) is 14.0. The lowest BCUT2D eigenvalue weighted by molar-refractivity contribution is 0.141. The van der Waals surface area contributed by atoms with E-state index in [4.69, 9.17) is 0 Å². The van der Waals surface area contributed by atoms with E-state index < -0.39 is 6.10 Å². The molecule has 3 rings (SSSR count). The second-order valence-electron chi connectivity index (χ2n) is 6.15. The van der Waals surface area contributed by atoms with Crippen molar-refractivity contribution in [3.63, 3.8) is 0 Å². The van der Waals surface area contributed by atoms with Crippen molar-refractivity contribution in [2.45, 2.75) is 25.5 Å². The largest absolute Gasteiger partial charge is 0.389 e. The van der Waals surface area contributed by atoms with Crippen LogP contribution in [0.5, 0.6) is 0 Å². The van der Waals surface area contributed by atoms with Gasteiger partial charge in [-0.2, -0.15) is 0 Å². The molecule has 1 heterocycles. The number of nitrogens with one attached hydrogen (secondary N) is 1. The molecule has 0 fully saturated rings. The summed E-state index contributed by atoms with van der Waals surface area (Å²) in [6.07, 6.45) is 0.335. The number of benzene rings is 2. The van der Waals surface area contributed by atoms with Crippen LogP contribution in [0.15, 0.2) is 42.5 Å². The number of nitrogens with zero attached hydrogens (tertiary/aromatic N) is 1. The average molecular weight is 351 g/mol. The Morgan fingerprint density at radius 3 is 2.71 bits per heavy atom. The Morgan fingerprint density at radius 1 is 1.25 bits per heavy atom. The summed E-state index contributed by atoms with van der Waals surface area (Å²) < 4.78 is 13.7. The molecule has 5 heteroatoms. The lowest BCUT2D eigenvalue weighted by atomic mass is 9.98. The van der Waals surface area contributed by atoms with E-state index in [1.54, 1.807) is 6.07 Å². The molecule has 0 bridgehead atoms. The fourth-order valence-electron chi connectivity index (χ4n) is 3.58. The van der Waals surface area contributed by atoms with Crippen molar-refractivity contribution in [2.75, 3.05) is 25.0 Å². The Balaban J connectivity index is 0.00000208. The Labute approximate surface area is 148 Å². The molecule has 2 aromatic carbocycles. The third-order valence-corrected chi connectivity index (χ3v) is 4.53. The first kappa shape index (κ1) is 18.7. The van der Waals surface area contributed by atoms with Gasteiger partial charge in [0.15, 0.2) is 0 Å². The number of aliphatic hydroxyl groups is 1. The van der Waals surface area contributed by atoms with Crippen LogP contribution in [0.4, 0.5) is 10.1 Å². The van der Waals surface area contributed by atoms with Crippen LogP contribution in [-0.4, -0.2) is 31.3 Å². The SMILES string of the molecule is CNC[C@@H](O)[C@H](c1cccc(F)c1)N1CCc2cccc(C)c21.Cl. The van der Waals surface area contributed by atoms with Crippen molar-refractivity contribution >= 4 is 18.1 Å². The van der Waals surface area contributed by atoms with E-state index in [0.29, 0.717) is 6.54 Å². The maximum atomic E-state index is 13.7. The van der Waals surface area contributed by atoms with Gasteiger partial charge in [0, 0.05) is 18.8 Å². The van der Waals surface area contributed by atoms with Crippen molar-refractivity contribution in [1.82, 2.24) is 5.32 Å². The van der Waals surface area contributed by atoms with Gasteiger partial charge in [0.25, 0.3) is 0 Å². The molecule has 0 aromatic heterocycles. The molecule has 0 spiro atoms. The molecule has 1 aliphatic rings.